The summed E-state index contributed by atoms with van der Waals surface area (Å²) in [5.74, 6) is 0.682. The Morgan fingerprint density at radius 2 is 1.83 bits per heavy atom. The normalized spacial score (nSPS) is 20.4. The van der Waals surface area contributed by atoms with Gasteiger partial charge < -0.3 is 29.5 Å². The van der Waals surface area contributed by atoms with Gasteiger partial charge in [-0.05, 0) is 63.9 Å². The van der Waals surface area contributed by atoms with Gasteiger partial charge in [0.05, 0.1) is 35.8 Å². The van der Waals surface area contributed by atoms with Gasteiger partial charge in [-0.1, -0.05) is 23.7 Å². The summed E-state index contributed by atoms with van der Waals surface area (Å²) < 4.78 is 27.2. The van der Waals surface area contributed by atoms with E-state index in [-0.39, 0.29) is 39.5 Å². The molecule has 2 spiro atoms. The largest absolute Gasteiger partial charge is 0.494 e. The third kappa shape index (κ3) is 4.26. The number of anilines is 3. The molecule has 3 aliphatic heterocycles. The molecule has 3 aromatic rings. The Morgan fingerprint density at radius 3 is 2.52 bits per heavy atom. The molecule has 2 aromatic carbocycles. The number of halogens is 2. The zero-order valence-electron chi connectivity index (χ0n) is 24.0. The summed E-state index contributed by atoms with van der Waals surface area (Å²) in [5.41, 5.74) is 2.44. The summed E-state index contributed by atoms with van der Waals surface area (Å²) in [6.07, 6.45) is 6.62. The topological polar surface area (TPSA) is 83.1 Å². The maximum atomic E-state index is 15.4. The fraction of sp³-hybridized carbons (Fsp3) is 0.452. The number of piperidine rings is 1. The van der Waals surface area contributed by atoms with Crippen LogP contribution < -0.4 is 19.7 Å². The van der Waals surface area contributed by atoms with Crippen LogP contribution in [0.4, 0.5) is 21.7 Å². The fourth-order valence-electron chi connectivity index (χ4n) is 6.99. The number of ether oxygens (including phenoxy) is 2. The van der Waals surface area contributed by atoms with Crippen LogP contribution in [0.2, 0.25) is 5.02 Å². The minimum atomic E-state index is -0.348. The summed E-state index contributed by atoms with van der Waals surface area (Å²) in [5, 5.41) is 3.24. The van der Waals surface area contributed by atoms with E-state index in [9.17, 15) is 4.79 Å². The fourth-order valence-corrected chi connectivity index (χ4v) is 7.12. The van der Waals surface area contributed by atoms with Crippen LogP contribution in [0.3, 0.4) is 0 Å². The highest BCUT2D eigenvalue weighted by atomic mass is 35.5. The van der Waals surface area contributed by atoms with Gasteiger partial charge in [-0.2, -0.15) is 4.98 Å². The van der Waals surface area contributed by atoms with E-state index in [4.69, 9.17) is 21.1 Å². The highest BCUT2D eigenvalue weighted by Gasteiger charge is 2.52. The van der Waals surface area contributed by atoms with E-state index in [1.807, 2.05) is 24.1 Å². The molecule has 0 unspecified atom stereocenters. The molecular weight excluding hydrogens is 559 g/mol. The van der Waals surface area contributed by atoms with Crippen molar-refractivity contribution in [3.05, 3.63) is 58.5 Å². The third-order valence-corrected chi connectivity index (χ3v) is 10.0. The molecule has 4 aliphatic rings. The van der Waals surface area contributed by atoms with Gasteiger partial charge in [0.2, 0.25) is 11.8 Å². The summed E-state index contributed by atoms with van der Waals surface area (Å²) in [6.45, 7) is 3.85. The standard InChI is InChI=1S/C31H34ClFN6O3/c1-37-12-10-30(11-13-37)17-39(18-30)23-15-25(41-3)22(14-21(23)33)35-29-34-16-20(32)27(36-29)42-24-7-4-6-19-26(24)28(40)38(2)31(19)8-5-9-31/h4,6-7,14-16H,5,8-13,17-18H2,1-3H3,(H,34,35,36). The molecule has 0 bridgehead atoms. The molecule has 1 N–H and O–H groups in total. The van der Waals surface area contributed by atoms with Crippen LogP contribution in [0.1, 0.15) is 48.0 Å². The van der Waals surface area contributed by atoms with Crippen LogP contribution in [0.25, 0.3) is 0 Å². The number of hydrogen-bond acceptors (Lipinski definition) is 8. The van der Waals surface area contributed by atoms with Crippen LogP contribution in [0, 0.1) is 11.2 Å². The molecule has 1 amide bonds. The molecule has 3 fully saturated rings. The molecule has 1 aromatic heterocycles. The second kappa shape index (κ2) is 9.98. The molecule has 7 rings (SSSR count). The van der Waals surface area contributed by atoms with Crippen LogP contribution in [0.5, 0.6) is 17.4 Å². The number of fused-ring (bicyclic) bond motifs is 2. The Balaban J connectivity index is 1.12. The molecule has 4 heterocycles. The lowest BCUT2D eigenvalue weighted by atomic mass is 9.72. The predicted octanol–water partition coefficient (Wildman–Crippen LogP) is 5.81. The first-order valence-electron chi connectivity index (χ1n) is 14.4. The number of amides is 1. The zero-order valence-corrected chi connectivity index (χ0v) is 24.8. The van der Waals surface area contributed by atoms with Crippen molar-refractivity contribution >= 4 is 34.8 Å². The van der Waals surface area contributed by atoms with Gasteiger partial charge in [0.1, 0.15) is 22.3 Å². The van der Waals surface area contributed by atoms with E-state index >= 15 is 4.39 Å². The first-order valence-corrected chi connectivity index (χ1v) is 14.8. The Bertz CT molecular complexity index is 1560. The summed E-state index contributed by atoms with van der Waals surface area (Å²) in [4.78, 5) is 28.2. The summed E-state index contributed by atoms with van der Waals surface area (Å²) >= 11 is 6.42. The molecule has 1 saturated carbocycles. The third-order valence-electron chi connectivity index (χ3n) is 9.74. The van der Waals surface area contributed by atoms with Gasteiger partial charge in [-0.25, -0.2) is 9.37 Å². The number of likely N-dealkylation sites (tertiary alicyclic amines) is 1. The van der Waals surface area contributed by atoms with E-state index in [0.29, 0.717) is 28.4 Å². The Morgan fingerprint density at radius 1 is 1.07 bits per heavy atom. The minimum absolute atomic E-state index is 0.0759. The Labute approximate surface area is 249 Å². The number of rotatable bonds is 6. The molecule has 42 heavy (non-hydrogen) atoms. The smallest absolute Gasteiger partial charge is 0.258 e. The first kappa shape index (κ1) is 27.2. The summed E-state index contributed by atoms with van der Waals surface area (Å²) in [7, 11) is 5.54. The van der Waals surface area contributed by atoms with Crippen molar-refractivity contribution in [1.29, 1.82) is 0 Å². The number of methoxy groups -OCH3 is 1. The lowest BCUT2D eigenvalue weighted by Crippen LogP contribution is -2.60. The SMILES string of the molecule is COc1cc(N2CC3(CCN(C)CC3)C2)c(F)cc1Nc1ncc(Cl)c(Oc2cccc3c2C(=O)N(C)C32CCC2)n1. The van der Waals surface area contributed by atoms with Crippen molar-refractivity contribution in [2.45, 2.75) is 37.6 Å². The van der Waals surface area contributed by atoms with E-state index in [2.05, 4.69) is 32.1 Å². The van der Waals surface area contributed by atoms with E-state index in [0.717, 1.165) is 63.8 Å². The van der Waals surface area contributed by atoms with Gasteiger partial charge in [-0.15, -0.1) is 0 Å². The molecule has 0 radical (unpaired) electrons. The van der Waals surface area contributed by atoms with Crippen LogP contribution >= 0.6 is 11.6 Å². The predicted molar refractivity (Wildman–Crippen MR) is 159 cm³/mol. The molecule has 0 atom stereocenters. The molecule has 2 saturated heterocycles. The maximum Gasteiger partial charge on any atom is 0.258 e. The van der Waals surface area contributed by atoms with Crippen LogP contribution in [-0.2, 0) is 5.54 Å². The van der Waals surface area contributed by atoms with Crippen molar-refractivity contribution in [1.82, 2.24) is 19.8 Å². The van der Waals surface area contributed by atoms with Crippen LogP contribution in [-0.4, -0.2) is 73.1 Å². The van der Waals surface area contributed by atoms with E-state index in [1.165, 1.54) is 12.3 Å². The molecule has 11 heteroatoms. The number of aromatic nitrogens is 2. The van der Waals surface area contributed by atoms with Crippen LogP contribution in [0.15, 0.2) is 36.5 Å². The molecule has 220 valence electrons. The number of nitrogens with zero attached hydrogens (tertiary/aromatic N) is 5. The highest BCUT2D eigenvalue weighted by molar-refractivity contribution is 6.31. The number of benzene rings is 2. The summed E-state index contributed by atoms with van der Waals surface area (Å²) in [6, 6.07) is 8.75. The monoisotopic (exact) mass is 592 g/mol. The van der Waals surface area contributed by atoms with Crippen molar-refractivity contribution in [2.24, 2.45) is 5.41 Å². The highest BCUT2D eigenvalue weighted by Crippen LogP contribution is 2.53. The quantitative estimate of drug-likeness (QED) is 0.384. The average molecular weight is 593 g/mol. The van der Waals surface area contributed by atoms with Gasteiger partial charge >= 0.3 is 0 Å². The second-order valence-electron chi connectivity index (χ2n) is 12.2. The van der Waals surface area contributed by atoms with Crippen molar-refractivity contribution in [3.63, 3.8) is 0 Å². The first-order chi connectivity index (χ1) is 20.2. The van der Waals surface area contributed by atoms with E-state index in [1.54, 1.807) is 19.2 Å². The number of hydrogen-bond donors (Lipinski definition) is 1. The lowest BCUT2D eigenvalue weighted by Gasteiger charge is -2.54. The minimum Gasteiger partial charge on any atom is -0.494 e. The van der Waals surface area contributed by atoms with Crippen molar-refractivity contribution in [2.75, 3.05) is 57.6 Å². The number of carbonyl (C=O) groups excluding carboxylic acids is 1. The molecular formula is C31H34ClFN6O3. The molecule has 9 nitrogen and oxygen atoms in total. The van der Waals surface area contributed by atoms with Gasteiger partial charge in [0, 0.05) is 37.7 Å². The van der Waals surface area contributed by atoms with Crippen molar-refractivity contribution < 1.29 is 18.7 Å². The van der Waals surface area contributed by atoms with Gasteiger partial charge in [0.15, 0.2) is 0 Å². The number of nitrogens with one attached hydrogen (secondary N) is 1. The second-order valence-corrected chi connectivity index (χ2v) is 12.6. The van der Waals surface area contributed by atoms with Crippen molar-refractivity contribution in [3.8, 4) is 17.4 Å². The maximum absolute atomic E-state index is 15.4. The van der Waals surface area contributed by atoms with Gasteiger partial charge in [0.25, 0.3) is 5.91 Å². The number of carbonyl (C=O) groups is 1. The Hall–Kier alpha value is -3.63. The Kier molecular flexibility index (Phi) is 6.47. The molecule has 1 aliphatic carbocycles. The van der Waals surface area contributed by atoms with Gasteiger partial charge in [-0.3, -0.25) is 4.79 Å². The zero-order chi connectivity index (χ0) is 29.2. The van der Waals surface area contributed by atoms with E-state index < -0.39 is 0 Å². The average Bonchev–Trinajstić information content (AvgIpc) is 3.17. The lowest BCUT2D eigenvalue weighted by molar-refractivity contribution is 0.0378.